The Bertz CT molecular complexity index is 246. The summed E-state index contributed by atoms with van der Waals surface area (Å²) in [6.07, 6.45) is 0.952. The lowest BCUT2D eigenvalue weighted by atomic mass is 10.1. The summed E-state index contributed by atoms with van der Waals surface area (Å²) in [4.78, 5) is 10.6. The predicted octanol–water partition coefficient (Wildman–Crippen LogP) is 1.90. The third kappa shape index (κ3) is 1.90. The van der Waals surface area contributed by atoms with E-state index in [2.05, 4.69) is 0 Å². The molecule has 2 atom stereocenters. The van der Waals surface area contributed by atoms with Crippen molar-refractivity contribution < 1.29 is 19.0 Å². The Labute approximate surface area is 71.1 Å². The van der Waals surface area contributed by atoms with Crippen LogP contribution >= 0.6 is 8.03 Å². The summed E-state index contributed by atoms with van der Waals surface area (Å²) in [6.45, 7) is 1.92. The van der Waals surface area contributed by atoms with E-state index in [4.69, 9.17) is 9.63 Å². The SMILES string of the molecule is CCCC1O[P+](=O)C=C1C(=O)O. The summed E-state index contributed by atoms with van der Waals surface area (Å²) < 4.78 is 15.7. The number of carboxylic acid groups (broad SMARTS) is 1. The van der Waals surface area contributed by atoms with E-state index in [0.717, 1.165) is 6.42 Å². The van der Waals surface area contributed by atoms with Crippen LogP contribution in [0.2, 0.25) is 0 Å². The number of hydrogen-bond donors (Lipinski definition) is 1. The smallest absolute Gasteiger partial charge is 0.478 e. The first-order chi connectivity index (χ1) is 5.65. The van der Waals surface area contributed by atoms with E-state index in [0.29, 0.717) is 6.42 Å². The topological polar surface area (TPSA) is 63.6 Å². The Morgan fingerprint density at radius 3 is 3.00 bits per heavy atom. The van der Waals surface area contributed by atoms with Crippen LogP contribution in [0.1, 0.15) is 19.8 Å². The summed E-state index contributed by atoms with van der Waals surface area (Å²) >= 11 is 0. The molecule has 1 aliphatic heterocycles. The van der Waals surface area contributed by atoms with Crippen LogP contribution in [0, 0.1) is 0 Å². The van der Waals surface area contributed by atoms with Crippen molar-refractivity contribution in [3.63, 3.8) is 0 Å². The van der Waals surface area contributed by atoms with E-state index in [1.165, 1.54) is 5.82 Å². The summed E-state index contributed by atoms with van der Waals surface area (Å²) in [5, 5.41) is 8.65. The first-order valence-electron chi connectivity index (χ1n) is 3.73. The van der Waals surface area contributed by atoms with Gasteiger partial charge in [0.05, 0.1) is 0 Å². The number of carbonyl (C=O) groups is 1. The van der Waals surface area contributed by atoms with Gasteiger partial charge >= 0.3 is 14.0 Å². The van der Waals surface area contributed by atoms with Crippen LogP contribution in [0.3, 0.4) is 0 Å². The van der Waals surface area contributed by atoms with Gasteiger partial charge in [0, 0.05) is 0 Å². The quantitative estimate of drug-likeness (QED) is 0.688. The normalized spacial score (nSPS) is 25.6. The van der Waals surface area contributed by atoms with Gasteiger partial charge < -0.3 is 5.11 Å². The zero-order chi connectivity index (χ0) is 9.14. The molecule has 0 aromatic carbocycles. The van der Waals surface area contributed by atoms with Crippen molar-refractivity contribution >= 4 is 14.0 Å². The van der Waals surface area contributed by atoms with Crippen molar-refractivity contribution in [1.82, 2.24) is 0 Å². The Kier molecular flexibility index (Phi) is 2.95. The molecule has 0 fully saturated rings. The molecule has 0 aliphatic carbocycles. The van der Waals surface area contributed by atoms with Crippen LogP contribution in [0.4, 0.5) is 0 Å². The molecule has 0 aromatic rings. The average Bonchev–Trinajstić information content (AvgIpc) is 2.32. The number of aliphatic carboxylic acids is 1. The van der Waals surface area contributed by atoms with E-state index >= 15 is 0 Å². The van der Waals surface area contributed by atoms with Gasteiger partial charge in [0.2, 0.25) is 5.82 Å². The predicted molar refractivity (Wildman–Crippen MR) is 43.1 cm³/mol. The fourth-order valence-corrected chi connectivity index (χ4v) is 2.11. The van der Waals surface area contributed by atoms with Crippen LogP contribution in [0.15, 0.2) is 11.4 Å². The van der Waals surface area contributed by atoms with Gasteiger partial charge in [0.1, 0.15) is 11.7 Å². The van der Waals surface area contributed by atoms with Gasteiger partial charge in [0.25, 0.3) is 0 Å². The first-order valence-corrected chi connectivity index (χ1v) is 4.98. The lowest BCUT2D eigenvalue weighted by Crippen LogP contribution is -2.15. The molecule has 0 radical (unpaired) electrons. The van der Waals surface area contributed by atoms with Crippen molar-refractivity contribution in [3.05, 3.63) is 11.4 Å². The van der Waals surface area contributed by atoms with E-state index in [1.54, 1.807) is 0 Å². The number of rotatable bonds is 3. The van der Waals surface area contributed by atoms with Gasteiger partial charge in [0.15, 0.2) is 0 Å². The highest BCUT2D eigenvalue weighted by atomic mass is 31.1. The van der Waals surface area contributed by atoms with E-state index in [1.807, 2.05) is 6.92 Å². The van der Waals surface area contributed by atoms with Crippen molar-refractivity contribution in [2.24, 2.45) is 0 Å². The third-order valence-electron chi connectivity index (χ3n) is 1.62. The molecule has 12 heavy (non-hydrogen) atoms. The Balaban J connectivity index is 2.72. The summed E-state index contributed by atoms with van der Waals surface area (Å²) in [6, 6.07) is 0. The molecular formula is C7H10O4P+. The molecule has 1 N–H and O–H groups in total. The molecule has 1 heterocycles. The molecule has 0 saturated carbocycles. The summed E-state index contributed by atoms with van der Waals surface area (Å²) in [5.41, 5.74) is 0.137. The van der Waals surface area contributed by atoms with Gasteiger partial charge in [-0.15, -0.1) is 4.52 Å². The van der Waals surface area contributed by atoms with Gasteiger partial charge in [-0.2, -0.15) is 0 Å². The largest absolute Gasteiger partial charge is 0.542 e. The fraction of sp³-hybridized carbons (Fsp3) is 0.571. The summed E-state index contributed by atoms with van der Waals surface area (Å²) in [7, 11) is -1.88. The maximum atomic E-state index is 10.8. The van der Waals surface area contributed by atoms with Gasteiger partial charge in [-0.3, -0.25) is 0 Å². The fourth-order valence-electron chi connectivity index (χ4n) is 1.07. The lowest BCUT2D eigenvalue weighted by Gasteiger charge is -2.02. The first kappa shape index (κ1) is 9.36. The summed E-state index contributed by atoms with van der Waals surface area (Å²) in [5.74, 6) is 0.159. The highest BCUT2D eigenvalue weighted by Gasteiger charge is 2.39. The third-order valence-corrected chi connectivity index (χ3v) is 2.57. The number of carboxylic acids is 1. The molecular weight excluding hydrogens is 179 g/mol. The van der Waals surface area contributed by atoms with Gasteiger partial charge in [-0.05, 0) is 11.0 Å². The number of hydrogen-bond acceptors (Lipinski definition) is 3. The van der Waals surface area contributed by atoms with Crippen molar-refractivity contribution in [1.29, 1.82) is 0 Å². The molecule has 0 amide bonds. The molecule has 0 saturated heterocycles. The second-order valence-corrected chi connectivity index (χ2v) is 3.60. The van der Waals surface area contributed by atoms with Crippen LogP contribution in [-0.4, -0.2) is 17.2 Å². The zero-order valence-corrected chi connectivity index (χ0v) is 7.58. The lowest BCUT2D eigenvalue weighted by molar-refractivity contribution is -0.133. The minimum Gasteiger partial charge on any atom is -0.478 e. The minimum absolute atomic E-state index is 0.137. The van der Waals surface area contributed by atoms with Crippen LogP contribution in [-0.2, 0) is 13.9 Å². The molecule has 0 bridgehead atoms. The molecule has 4 nitrogen and oxygen atoms in total. The van der Waals surface area contributed by atoms with Gasteiger partial charge in [-0.25, -0.2) is 4.79 Å². The second-order valence-electron chi connectivity index (χ2n) is 2.56. The Morgan fingerprint density at radius 1 is 1.83 bits per heavy atom. The Hall–Kier alpha value is -0.730. The second kappa shape index (κ2) is 3.78. The Morgan fingerprint density at radius 2 is 2.50 bits per heavy atom. The minimum atomic E-state index is -1.88. The monoisotopic (exact) mass is 189 g/mol. The molecule has 66 valence electrons. The maximum absolute atomic E-state index is 10.8. The molecule has 5 heteroatoms. The van der Waals surface area contributed by atoms with Crippen LogP contribution in [0.5, 0.6) is 0 Å². The van der Waals surface area contributed by atoms with E-state index in [9.17, 15) is 9.36 Å². The zero-order valence-electron chi connectivity index (χ0n) is 6.69. The standard InChI is InChI=1S/C7H9O4P/c1-2-3-6-5(7(8)9)4-12(10)11-6/h4,6H,2-3H2,1H3/p+1. The average molecular weight is 189 g/mol. The molecule has 1 aliphatic rings. The van der Waals surface area contributed by atoms with Crippen LogP contribution < -0.4 is 0 Å². The van der Waals surface area contributed by atoms with Gasteiger partial charge in [-0.1, -0.05) is 13.3 Å². The van der Waals surface area contributed by atoms with Crippen molar-refractivity contribution in [3.8, 4) is 0 Å². The molecule has 0 aromatic heterocycles. The molecule has 1 rings (SSSR count). The highest BCUT2D eigenvalue weighted by molar-refractivity contribution is 7.43. The maximum Gasteiger partial charge on any atom is 0.542 e. The highest BCUT2D eigenvalue weighted by Crippen LogP contribution is 2.39. The van der Waals surface area contributed by atoms with Crippen LogP contribution in [0.25, 0.3) is 0 Å². The molecule has 0 spiro atoms. The van der Waals surface area contributed by atoms with E-state index < -0.39 is 20.1 Å². The van der Waals surface area contributed by atoms with Crippen molar-refractivity contribution in [2.45, 2.75) is 25.9 Å². The molecule has 2 unspecified atom stereocenters. The van der Waals surface area contributed by atoms with Crippen molar-refractivity contribution in [2.75, 3.05) is 0 Å². The van der Waals surface area contributed by atoms with E-state index in [-0.39, 0.29) is 5.57 Å².